The maximum atomic E-state index is 5.25. The molecule has 0 radical (unpaired) electrons. The summed E-state index contributed by atoms with van der Waals surface area (Å²) < 4.78 is 6.30. The van der Waals surface area contributed by atoms with Gasteiger partial charge in [-0.3, -0.25) is 0 Å². The Balaban J connectivity index is 2.41. The van der Waals surface area contributed by atoms with Gasteiger partial charge < -0.3 is 10.1 Å². The number of nitrogens with one attached hydrogen (secondary N) is 1. The highest BCUT2D eigenvalue weighted by Crippen LogP contribution is 2.26. The van der Waals surface area contributed by atoms with E-state index in [2.05, 4.69) is 47.2 Å². The summed E-state index contributed by atoms with van der Waals surface area (Å²) in [5.41, 5.74) is 1.37. The largest absolute Gasteiger partial charge is 0.496 e. The quantitative estimate of drug-likeness (QED) is 0.717. The van der Waals surface area contributed by atoms with E-state index in [-0.39, 0.29) is 0 Å². The Kier molecular flexibility index (Phi) is 8.15. The van der Waals surface area contributed by atoms with Gasteiger partial charge in [0.15, 0.2) is 0 Å². The fraction of sp³-hybridized carbons (Fsp3) is 0.625. The summed E-state index contributed by atoms with van der Waals surface area (Å²) in [6.45, 7) is 5.51. The zero-order valence-corrected chi connectivity index (χ0v) is 13.9. The predicted octanol–water partition coefficient (Wildman–Crippen LogP) is 4.56. The third-order valence-corrected chi connectivity index (χ3v) is 3.98. The van der Waals surface area contributed by atoms with Crippen LogP contribution >= 0.6 is 15.9 Å². The highest BCUT2D eigenvalue weighted by Gasteiger charge is 2.06. The van der Waals surface area contributed by atoms with Crippen molar-refractivity contribution in [3.05, 3.63) is 28.2 Å². The maximum absolute atomic E-state index is 5.25. The number of hydrogen-bond acceptors (Lipinski definition) is 2. The summed E-state index contributed by atoms with van der Waals surface area (Å²) in [6.07, 6.45) is 6.15. The zero-order valence-electron chi connectivity index (χ0n) is 12.3. The topological polar surface area (TPSA) is 21.3 Å². The van der Waals surface area contributed by atoms with Gasteiger partial charge in [-0.1, -0.05) is 26.3 Å². The second-order valence-electron chi connectivity index (χ2n) is 4.90. The van der Waals surface area contributed by atoms with Crippen molar-refractivity contribution >= 4 is 15.9 Å². The molecule has 0 saturated heterocycles. The molecule has 1 aromatic carbocycles. The van der Waals surface area contributed by atoms with Crippen molar-refractivity contribution in [3.8, 4) is 5.75 Å². The molecule has 0 bridgehead atoms. The van der Waals surface area contributed by atoms with Crippen molar-refractivity contribution in [3.63, 3.8) is 0 Å². The standard InChI is InChI=1S/C16H26BrNO/c1-4-7-14(18-5-2)9-6-8-13-10-11-16(19-3)15(17)12-13/h10-12,14,18H,4-9H2,1-3H3. The highest BCUT2D eigenvalue weighted by atomic mass is 79.9. The van der Waals surface area contributed by atoms with Crippen LogP contribution in [0.3, 0.4) is 0 Å². The van der Waals surface area contributed by atoms with Crippen molar-refractivity contribution in [2.75, 3.05) is 13.7 Å². The first kappa shape index (κ1) is 16.5. The molecule has 1 N–H and O–H groups in total. The van der Waals surface area contributed by atoms with Gasteiger partial charge in [0, 0.05) is 6.04 Å². The molecule has 108 valence electrons. The number of hydrogen-bond donors (Lipinski definition) is 1. The van der Waals surface area contributed by atoms with Crippen LogP contribution in [0.15, 0.2) is 22.7 Å². The van der Waals surface area contributed by atoms with Crippen LogP contribution in [0.1, 0.15) is 45.1 Å². The van der Waals surface area contributed by atoms with Crippen LogP contribution < -0.4 is 10.1 Å². The van der Waals surface area contributed by atoms with E-state index in [1.807, 2.05) is 6.07 Å². The first-order valence-corrected chi connectivity index (χ1v) is 8.06. The number of methoxy groups -OCH3 is 1. The van der Waals surface area contributed by atoms with Gasteiger partial charge in [-0.2, -0.15) is 0 Å². The molecule has 0 heterocycles. The van der Waals surface area contributed by atoms with E-state index in [4.69, 9.17) is 4.74 Å². The van der Waals surface area contributed by atoms with Crippen molar-refractivity contribution in [1.82, 2.24) is 5.32 Å². The van der Waals surface area contributed by atoms with E-state index in [1.54, 1.807) is 7.11 Å². The summed E-state index contributed by atoms with van der Waals surface area (Å²) >= 11 is 3.54. The van der Waals surface area contributed by atoms with Crippen LogP contribution in [0, 0.1) is 0 Å². The van der Waals surface area contributed by atoms with Gasteiger partial charge in [0.05, 0.1) is 11.6 Å². The molecular formula is C16H26BrNO. The molecule has 1 atom stereocenters. The smallest absolute Gasteiger partial charge is 0.133 e. The van der Waals surface area contributed by atoms with Crippen molar-refractivity contribution < 1.29 is 4.74 Å². The second kappa shape index (κ2) is 9.38. The van der Waals surface area contributed by atoms with Crippen LogP contribution in [0.25, 0.3) is 0 Å². The molecular weight excluding hydrogens is 302 g/mol. The average Bonchev–Trinajstić information content (AvgIpc) is 2.39. The van der Waals surface area contributed by atoms with Crippen molar-refractivity contribution in [2.45, 2.75) is 52.0 Å². The lowest BCUT2D eigenvalue weighted by atomic mass is 10.0. The number of aryl methyl sites for hydroxylation is 1. The summed E-state index contributed by atoms with van der Waals surface area (Å²) in [6, 6.07) is 7.04. The minimum absolute atomic E-state index is 0.677. The van der Waals surface area contributed by atoms with E-state index in [9.17, 15) is 0 Å². The van der Waals surface area contributed by atoms with Crippen LogP contribution in [0.4, 0.5) is 0 Å². The molecule has 1 rings (SSSR count). The Morgan fingerprint density at radius 3 is 2.63 bits per heavy atom. The van der Waals surface area contributed by atoms with Gasteiger partial charge in [-0.15, -0.1) is 0 Å². The van der Waals surface area contributed by atoms with Crippen LogP contribution in [0.5, 0.6) is 5.75 Å². The molecule has 0 fully saturated rings. The van der Waals surface area contributed by atoms with Crippen LogP contribution in [-0.4, -0.2) is 19.7 Å². The van der Waals surface area contributed by atoms with Gasteiger partial charge in [0.2, 0.25) is 0 Å². The first-order valence-electron chi connectivity index (χ1n) is 7.27. The van der Waals surface area contributed by atoms with Gasteiger partial charge in [0.25, 0.3) is 0 Å². The fourth-order valence-corrected chi connectivity index (χ4v) is 2.99. The summed E-state index contributed by atoms with van der Waals surface area (Å²) in [4.78, 5) is 0. The van der Waals surface area contributed by atoms with Crippen LogP contribution in [-0.2, 0) is 6.42 Å². The SMILES string of the molecule is CCCC(CCCc1ccc(OC)c(Br)c1)NCC. The Hall–Kier alpha value is -0.540. The minimum atomic E-state index is 0.677. The highest BCUT2D eigenvalue weighted by molar-refractivity contribution is 9.10. The van der Waals surface area contributed by atoms with Gasteiger partial charge >= 0.3 is 0 Å². The van der Waals surface area contributed by atoms with Gasteiger partial charge in [0.1, 0.15) is 5.75 Å². The molecule has 0 saturated carbocycles. The number of ether oxygens (including phenoxy) is 1. The lowest BCUT2D eigenvalue weighted by Crippen LogP contribution is -2.28. The Labute approximate surface area is 126 Å². The lowest BCUT2D eigenvalue weighted by Gasteiger charge is -2.16. The number of halogens is 1. The third kappa shape index (κ3) is 5.96. The molecule has 0 aromatic heterocycles. The van der Waals surface area contributed by atoms with Gasteiger partial charge in [-0.05, 0) is 65.9 Å². The molecule has 0 spiro atoms. The van der Waals surface area contributed by atoms with Gasteiger partial charge in [-0.25, -0.2) is 0 Å². The van der Waals surface area contributed by atoms with Crippen molar-refractivity contribution in [1.29, 1.82) is 0 Å². The number of benzene rings is 1. The monoisotopic (exact) mass is 327 g/mol. The van der Waals surface area contributed by atoms with Crippen molar-refractivity contribution in [2.24, 2.45) is 0 Å². The molecule has 1 unspecified atom stereocenters. The fourth-order valence-electron chi connectivity index (χ4n) is 2.40. The molecule has 3 heteroatoms. The molecule has 19 heavy (non-hydrogen) atoms. The Bertz CT molecular complexity index is 362. The molecule has 0 aliphatic carbocycles. The van der Waals surface area contributed by atoms with E-state index < -0.39 is 0 Å². The molecule has 0 amide bonds. The Morgan fingerprint density at radius 1 is 1.26 bits per heavy atom. The lowest BCUT2D eigenvalue weighted by molar-refractivity contribution is 0.412. The predicted molar refractivity (Wildman–Crippen MR) is 86.0 cm³/mol. The van der Waals surface area contributed by atoms with Crippen LogP contribution in [0.2, 0.25) is 0 Å². The summed E-state index contributed by atoms with van der Waals surface area (Å²) in [5, 5.41) is 3.57. The van der Waals surface area contributed by atoms with E-state index in [0.717, 1.165) is 23.2 Å². The zero-order chi connectivity index (χ0) is 14.1. The molecule has 1 aromatic rings. The Morgan fingerprint density at radius 2 is 2.05 bits per heavy atom. The first-order chi connectivity index (χ1) is 9.21. The second-order valence-corrected chi connectivity index (χ2v) is 5.76. The molecule has 0 aliphatic heterocycles. The number of rotatable bonds is 9. The molecule has 2 nitrogen and oxygen atoms in total. The average molecular weight is 328 g/mol. The summed E-state index contributed by atoms with van der Waals surface area (Å²) in [5.74, 6) is 0.903. The normalized spacial score (nSPS) is 12.4. The van der Waals surface area contributed by atoms with E-state index in [1.165, 1.54) is 31.2 Å². The maximum Gasteiger partial charge on any atom is 0.133 e. The van der Waals surface area contributed by atoms with E-state index in [0.29, 0.717) is 6.04 Å². The minimum Gasteiger partial charge on any atom is -0.496 e. The summed E-state index contributed by atoms with van der Waals surface area (Å²) in [7, 11) is 1.70. The third-order valence-electron chi connectivity index (χ3n) is 3.36. The molecule has 0 aliphatic rings. The van der Waals surface area contributed by atoms with E-state index >= 15 is 0 Å².